The number of piperidine rings is 1. The predicted molar refractivity (Wildman–Crippen MR) is 95.7 cm³/mol. The molecule has 1 aromatic heterocycles. The quantitative estimate of drug-likeness (QED) is 0.860. The van der Waals surface area contributed by atoms with Crippen molar-refractivity contribution in [3.8, 4) is 0 Å². The minimum atomic E-state index is -3.99. The Morgan fingerprint density at radius 3 is 2.60 bits per heavy atom. The third-order valence-electron chi connectivity index (χ3n) is 4.16. The average Bonchev–Trinajstić information content (AvgIpc) is 2.63. The number of halogens is 2. The number of nitrogens with one attached hydrogen (secondary N) is 1. The SMILES string of the molecule is O=S(=O)(NCc1ccc(N2CCCCC2)nc1)c1cccc(Cl)c1F. The molecule has 8 heteroatoms. The fraction of sp³-hybridized carbons (Fsp3) is 0.353. The third kappa shape index (κ3) is 4.29. The van der Waals surface area contributed by atoms with E-state index in [4.69, 9.17) is 11.6 Å². The second-order valence-electron chi connectivity index (χ2n) is 5.95. The summed E-state index contributed by atoms with van der Waals surface area (Å²) in [6, 6.07) is 7.60. The molecule has 1 fully saturated rings. The first-order valence-corrected chi connectivity index (χ1v) is 9.97. The lowest BCUT2D eigenvalue weighted by Gasteiger charge is -2.27. The lowest BCUT2D eigenvalue weighted by Crippen LogP contribution is -2.30. The number of nitrogens with zero attached hydrogens (tertiary/aromatic N) is 2. The molecular formula is C17H19ClFN3O2S. The zero-order valence-corrected chi connectivity index (χ0v) is 15.2. The maximum Gasteiger partial charge on any atom is 0.243 e. The Morgan fingerprint density at radius 1 is 1.16 bits per heavy atom. The third-order valence-corrected chi connectivity index (χ3v) is 5.87. The molecule has 2 heterocycles. The molecule has 0 radical (unpaired) electrons. The monoisotopic (exact) mass is 383 g/mol. The van der Waals surface area contributed by atoms with Crippen LogP contribution < -0.4 is 9.62 Å². The average molecular weight is 384 g/mol. The van der Waals surface area contributed by atoms with Crippen LogP contribution in [-0.2, 0) is 16.6 Å². The Morgan fingerprint density at radius 2 is 1.92 bits per heavy atom. The first-order valence-electron chi connectivity index (χ1n) is 8.11. The van der Waals surface area contributed by atoms with Gasteiger partial charge in [-0.1, -0.05) is 23.7 Å². The van der Waals surface area contributed by atoms with Crippen LogP contribution in [0.4, 0.5) is 10.2 Å². The maximum absolute atomic E-state index is 13.9. The number of rotatable bonds is 5. The van der Waals surface area contributed by atoms with Crippen molar-refractivity contribution in [1.82, 2.24) is 9.71 Å². The number of benzene rings is 1. The topological polar surface area (TPSA) is 62.3 Å². The van der Waals surface area contributed by atoms with Crippen molar-refractivity contribution in [3.05, 3.63) is 52.9 Å². The van der Waals surface area contributed by atoms with Crippen LogP contribution >= 0.6 is 11.6 Å². The maximum atomic E-state index is 13.9. The molecule has 25 heavy (non-hydrogen) atoms. The van der Waals surface area contributed by atoms with Crippen molar-refractivity contribution >= 4 is 27.4 Å². The lowest BCUT2D eigenvalue weighted by atomic mass is 10.1. The molecule has 1 N–H and O–H groups in total. The zero-order chi connectivity index (χ0) is 17.9. The lowest BCUT2D eigenvalue weighted by molar-refractivity contribution is 0.557. The Kier molecular flexibility index (Phi) is 5.56. The minimum Gasteiger partial charge on any atom is -0.357 e. The molecule has 0 aliphatic carbocycles. The van der Waals surface area contributed by atoms with Gasteiger partial charge in [-0.05, 0) is 43.0 Å². The summed E-state index contributed by atoms with van der Waals surface area (Å²) >= 11 is 5.65. The molecule has 0 atom stereocenters. The summed E-state index contributed by atoms with van der Waals surface area (Å²) in [4.78, 5) is 6.16. The van der Waals surface area contributed by atoms with Crippen molar-refractivity contribution in [2.75, 3.05) is 18.0 Å². The fourth-order valence-corrected chi connectivity index (χ4v) is 4.13. The Hall–Kier alpha value is -1.70. The van der Waals surface area contributed by atoms with E-state index in [0.717, 1.165) is 31.7 Å². The summed E-state index contributed by atoms with van der Waals surface area (Å²) in [5, 5.41) is -0.226. The second-order valence-corrected chi connectivity index (χ2v) is 8.09. The van der Waals surface area contributed by atoms with Gasteiger partial charge in [0.25, 0.3) is 0 Å². The van der Waals surface area contributed by atoms with E-state index in [-0.39, 0.29) is 11.6 Å². The number of aromatic nitrogens is 1. The number of anilines is 1. The molecule has 1 aromatic carbocycles. The van der Waals surface area contributed by atoms with Gasteiger partial charge in [0.15, 0.2) is 5.82 Å². The van der Waals surface area contributed by atoms with Gasteiger partial charge >= 0.3 is 0 Å². The van der Waals surface area contributed by atoms with Gasteiger partial charge in [0.05, 0.1) is 5.02 Å². The highest BCUT2D eigenvalue weighted by molar-refractivity contribution is 7.89. The van der Waals surface area contributed by atoms with E-state index in [1.54, 1.807) is 6.20 Å². The van der Waals surface area contributed by atoms with Crippen LogP contribution in [0.25, 0.3) is 0 Å². The van der Waals surface area contributed by atoms with E-state index in [1.165, 1.54) is 24.6 Å². The molecule has 0 saturated carbocycles. The Labute approximate surface area is 151 Å². The van der Waals surface area contributed by atoms with Gasteiger partial charge in [-0.15, -0.1) is 0 Å². The van der Waals surface area contributed by atoms with Gasteiger partial charge in [0, 0.05) is 25.8 Å². The van der Waals surface area contributed by atoms with Crippen LogP contribution in [-0.4, -0.2) is 26.5 Å². The van der Waals surface area contributed by atoms with Gasteiger partial charge in [0.1, 0.15) is 10.7 Å². The van der Waals surface area contributed by atoms with Gasteiger partial charge < -0.3 is 4.90 Å². The predicted octanol–water partition coefficient (Wildman–Crippen LogP) is 3.34. The van der Waals surface area contributed by atoms with Gasteiger partial charge in [-0.3, -0.25) is 0 Å². The van der Waals surface area contributed by atoms with E-state index >= 15 is 0 Å². The van der Waals surface area contributed by atoms with Crippen molar-refractivity contribution in [1.29, 1.82) is 0 Å². The summed E-state index contributed by atoms with van der Waals surface area (Å²) in [6.07, 6.45) is 5.21. The number of pyridine rings is 1. The van der Waals surface area contributed by atoms with Crippen LogP contribution in [0.1, 0.15) is 24.8 Å². The molecule has 3 rings (SSSR count). The normalized spacial score (nSPS) is 15.4. The van der Waals surface area contributed by atoms with Gasteiger partial charge in [0.2, 0.25) is 10.0 Å². The van der Waals surface area contributed by atoms with Crippen molar-refractivity contribution in [3.63, 3.8) is 0 Å². The molecule has 2 aromatic rings. The minimum absolute atomic E-state index is 0.0293. The Balaban J connectivity index is 1.67. The van der Waals surface area contributed by atoms with Crippen molar-refractivity contribution < 1.29 is 12.8 Å². The van der Waals surface area contributed by atoms with Gasteiger partial charge in [-0.2, -0.15) is 0 Å². The number of hydrogen-bond donors (Lipinski definition) is 1. The molecule has 1 aliphatic heterocycles. The summed E-state index contributed by atoms with van der Waals surface area (Å²) < 4.78 is 40.8. The number of hydrogen-bond acceptors (Lipinski definition) is 4. The summed E-state index contributed by atoms with van der Waals surface area (Å²) in [5.74, 6) is -0.0533. The second kappa shape index (κ2) is 7.68. The summed E-state index contributed by atoms with van der Waals surface area (Å²) in [5.41, 5.74) is 0.701. The highest BCUT2D eigenvalue weighted by atomic mass is 35.5. The smallest absolute Gasteiger partial charge is 0.243 e. The van der Waals surface area contributed by atoms with E-state index in [1.807, 2.05) is 12.1 Å². The summed E-state index contributed by atoms with van der Waals surface area (Å²) in [6.45, 7) is 2.02. The molecular weight excluding hydrogens is 365 g/mol. The first kappa shape index (κ1) is 18.1. The zero-order valence-electron chi connectivity index (χ0n) is 13.6. The molecule has 0 spiro atoms. The van der Waals surface area contributed by atoms with E-state index in [0.29, 0.717) is 5.56 Å². The van der Waals surface area contributed by atoms with Crippen molar-refractivity contribution in [2.45, 2.75) is 30.7 Å². The Bertz CT molecular complexity index is 837. The molecule has 0 bridgehead atoms. The number of sulfonamides is 1. The van der Waals surface area contributed by atoms with Crippen LogP contribution in [0.15, 0.2) is 41.4 Å². The van der Waals surface area contributed by atoms with E-state index in [2.05, 4.69) is 14.6 Å². The fourth-order valence-electron chi connectivity index (χ4n) is 2.78. The highest BCUT2D eigenvalue weighted by Gasteiger charge is 2.20. The highest BCUT2D eigenvalue weighted by Crippen LogP contribution is 2.22. The molecule has 0 unspecified atom stereocenters. The van der Waals surface area contributed by atoms with E-state index in [9.17, 15) is 12.8 Å². The largest absolute Gasteiger partial charge is 0.357 e. The summed E-state index contributed by atoms with van der Waals surface area (Å²) in [7, 11) is -3.99. The van der Waals surface area contributed by atoms with Gasteiger partial charge in [-0.25, -0.2) is 22.5 Å². The van der Waals surface area contributed by atoms with Crippen LogP contribution in [0.2, 0.25) is 5.02 Å². The van der Waals surface area contributed by atoms with E-state index < -0.39 is 20.7 Å². The molecule has 1 saturated heterocycles. The molecule has 5 nitrogen and oxygen atoms in total. The first-order chi connectivity index (χ1) is 12.0. The molecule has 0 amide bonds. The molecule has 134 valence electrons. The van der Waals surface area contributed by atoms with Crippen LogP contribution in [0.3, 0.4) is 0 Å². The molecule has 1 aliphatic rings. The standard InChI is InChI=1S/C17H19ClFN3O2S/c18-14-5-4-6-15(17(14)19)25(23,24)21-12-13-7-8-16(20-11-13)22-9-2-1-3-10-22/h4-8,11,21H,1-3,9-10,12H2. The van der Waals surface area contributed by atoms with Crippen LogP contribution in [0.5, 0.6) is 0 Å². The van der Waals surface area contributed by atoms with Crippen molar-refractivity contribution in [2.24, 2.45) is 0 Å². The van der Waals surface area contributed by atoms with Crippen LogP contribution in [0, 0.1) is 5.82 Å².